The van der Waals surface area contributed by atoms with Crippen LogP contribution in [0.1, 0.15) is 18.7 Å². The van der Waals surface area contributed by atoms with Gasteiger partial charge in [-0.05, 0) is 36.2 Å². The topological polar surface area (TPSA) is 84.4 Å². The Bertz CT molecular complexity index is 1230. The molecule has 1 aromatic carbocycles. The second-order valence-corrected chi connectivity index (χ2v) is 9.59. The molecular weight excluding hydrogens is 412 g/mol. The van der Waals surface area contributed by atoms with Crippen molar-refractivity contribution in [3.8, 4) is 22.8 Å². The Morgan fingerprint density at radius 3 is 2.87 bits per heavy atom. The predicted octanol–water partition coefficient (Wildman–Crippen LogP) is 4.59. The van der Waals surface area contributed by atoms with Gasteiger partial charge in [-0.2, -0.15) is 4.98 Å². The smallest absolute Gasteiger partial charge is 0.309 e. The number of nitrogens with zero attached hydrogens (tertiary/aromatic N) is 4. The second-order valence-electron chi connectivity index (χ2n) is 8.59. The molecule has 4 heterocycles. The normalized spacial score (nSPS) is 15.1. The molecule has 5 rings (SSSR count). The highest BCUT2D eigenvalue weighted by atomic mass is 32.1. The number of hydrogen-bond donors (Lipinski definition) is 1. The standard InChI is InChI=1S/C23H24N4O3S/c1-14(2)9-27-6-5-15-7-16(3-4-20(15)27)22-24-21(25-30-22)17-8-19(31-13-17)12-26-10-18(11-26)23(28)29/h3-8,13-14,18H,9-12H2,1-2H3,(H,28,29). The summed E-state index contributed by atoms with van der Waals surface area (Å²) in [5.41, 5.74) is 3.04. The van der Waals surface area contributed by atoms with E-state index in [4.69, 9.17) is 9.63 Å². The van der Waals surface area contributed by atoms with Crippen LogP contribution in [-0.4, -0.2) is 43.8 Å². The molecule has 4 aromatic rings. The maximum atomic E-state index is 11.0. The minimum Gasteiger partial charge on any atom is -0.481 e. The van der Waals surface area contributed by atoms with Gasteiger partial charge in [-0.1, -0.05) is 19.0 Å². The molecule has 1 aliphatic heterocycles. The van der Waals surface area contributed by atoms with Gasteiger partial charge in [0.05, 0.1) is 5.92 Å². The summed E-state index contributed by atoms with van der Waals surface area (Å²) in [6, 6.07) is 10.4. The maximum absolute atomic E-state index is 11.0. The molecule has 1 saturated heterocycles. The van der Waals surface area contributed by atoms with Crippen LogP contribution < -0.4 is 0 Å². The number of benzene rings is 1. The van der Waals surface area contributed by atoms with Crippen molar-refractivity contribution in [2.24, 2.45) is 11.8 Å². The first-order valence-corrected chi connectivity index (χ1v) is 11.3. The van der Waals surface area contributed by atoms with Crippen molar-refractivity contribution in [3.05, 3.63) is 46.8 Å². The highest BCUT2D eigenvalue weighted by Gasteiger charge is 2.32. The highest BCUT2D eigenvalue weighted by molar-refractivity contribution is 7.10. The fourth-order valence-electron chi connectivity index (χ4n) is 4.00. The van der Waals surface area contributed by atoms with Crippen molar-refractivity contribution in [2.45, 2.75) is 26.9 Å². The molecule has 0 saturated carbocycles. The van der Waals surface area contributed by atoms with Gasteiger partial charge in [0.1, 0.15) is 0 Å². The zero-order valence-corrected chi connectivity index (χ0v) is 18.3. The summed E-state index contributed by atoms with van der Waals surface area (Å²) in [6.07, 6.45) is 2.12. The lowest BCUT2D eigenvalue weighted by Gasteiger charge is -2.36. The molecule has 1 fully saturated rings. The fourth-order valence-corrected chi connectivity index (χ4v) is 4.90. The molecular formula is C23H24N4O3S. The van der Waals surface area contributed by atoms with Crippen LogP contribution in [0.5, 0.6) is 0 Å². The number of thiophene rings is 1. The molecule has 7 nitrogen and oxygen atoms in total. The molecule has 0 spiro atoms. The SMILES string of the molecule is CC(C)Cn1ccc2cc(-c3nc(-c4csc(CN5CC(C(=O)O)C5)c4)no3)ccc21. The van der Waals surface area contributed by atoms with E-state index in [1.54, 1.807) is 11.3 Å². The first-order chi connectivity index (χ1) is 15.0. The molecule has 0 bridgehead atoms. The number of rotatable bonds is 7. The van der Waals surface area contributed by atoms with E-state index in [2.05, 4.69) is 63.9 Å². The van der Waals surface area contributed by atoms with Crippen LogP contribution in [0.15, 0.2) is 46.4 Å². The van der Waals surface area contributed by atoms with Gasteiger partial charge in [0.15, 0.2) is 0 Å². The Labute approximate surface area is 183 Å². The largest absolute Gasteiger partial charge is 0.481 e. The van der Waals surface area contributed by atoms with Crippen LogP contribution in [0.4, 0.5) is 0 Å². The molecule has 0 atom stereocenters. The molecule has 1 aliphatic rings. The van der Waals surface area contributed by atoms with Crippen molar-refractivity contribution in [3.63, 3.8) is 0 Å². The summed E-state index contributed by atoms with van der Waals surface area (Å²) in [7, 11) is 0. The van der Waals surface area contributed by atoms with Crippen molar-refractivity contribution in [1.29, 1.82) is 0 Å². The van der Waals surface area contributed by atoms with Gasteiger partial charge >= 0.3 is 5.97 Å². The van der Waals surface area contributed by atoms with Crippen LogP contribution in [0.3, 0.4) is 0 Å². The van der Waals surface area contributed by atoms with Gasteiger partial charge in [-0.25, -0.2) is 0 Å². The van der Waals surface area contributed by atoms with Crippen LogP contribution in [0.2, 0.25) is 0 Å². The quantitative estimate of drug-likeness (QED) is 0.456. The zero-order chi connectivity index (χ0) is 21.5. The van der Waals surface area contributed by atoms with Gasteiger partial charge in [0, 0.05) is 64.7 Å². The van der Waals surface area contributed by atoms with Crippen LogP contribution >= 0.6 is 11.3 Å². The summed E-state index contributed by atoms with van der Waals surface area (Å²) in [5.74, 6) is 0.718. The van der Waals surface area contributed by atoms with E-state index in [1.165, 1.54) is 5.52 Å². The van der Waals surface area contributed by atoms with E-state index in [9.17, 15) is 4.79 Å². The number of fused-ring (bicyclic) bond motifs is 1. The van der Waals surface area contributed by atoms with E-state index in [1.807, 2.05) is 11.4 Å². The number of hydrogen-bond acceptors (Lipinski definition) is 6. The van der Waals surface area contributed by atoms with Crippen molar-refractivity contribution < 1.29 is 14.4 Å². The average molecular weight is 437 g/mol. The minimum atomic E-state index is -0.711. The number of carboxylic acid groups (broad SMARTS) is 1. The lowest BCUT2D eigenvalue weighted by molar-refractivity contribution is -0.147. The summed E-state index contributed by atoms with van der Waals surface area (Å²) in [6.45, 7) is 7.39. The maximum Gasteiger partial charge on any atom is 0.309 e. The van der Waals surface area contributed by atoms with Gasteiger partial charge < -0.3 is 14.2 Å². The van der Waals surface area contributed by atoms with E-state index in [0.717, 1.165) is 34.5 Å². The third-order valence-corrected chi connectivity index (χ3v) is 6.53. The number of aliphatic carboxylic acids is 1. The Kier molecular flexibility index (Phi) is 5.11. The third-order valence-electron chi connectivity index (χ3n) is 5.60. The van der Waals surface area contributed by atoms with E-state index >= 15 is 0 Å². The Balaban J connectivity index is 1.30. The van der Waals surface area contributed by atoms with Crippen LogP contribution in [0, 0.1) is 11.8 Å². The van der Waals surface area contributed by atoms with Crippen LogP contribution in [0.25, 0.3) is 33.7 Å². The lowest BCUT2D eigenvalue weighted by Crippen LogP contribution is -2.49. The van der Waals surface area contributed by atoms with E-state index in [-0.39, 0.29) is 5.92 Å². The molecule has 0 amide bonds. The number of carbonyl (C=O) groups is 1. The van der Waals surface area contributed by atoms with E-state index in [0.29, 0.717) is 30.7 Å². The Morgan fingerprint density at radius 2 is 2.10 bits per heavy atom. The van der Waals surface area contributed by atoms with Crippen LogP contribution in [-0.2, 0) is 17.9 Å². The number of likely N-dealkylation sites (tertiary alicyclic amines) is 1. The van der Waals surface area contributed by atoms with Gasteiger partial charge in [0.2, 0.25) is 5.82 Å². The van der Waals surface area contributed by atoms with E-state index < -0.39 is 5.97 Å². The molecule has 8 heteroatoms. The molecule has 160 valence electrons. The molecule has 0 unspecified atom stereocenters. The predicted molar refractivity (Wildman–Crippen MR) is 120 cm³/mol. The zero-order valence-electron chi connectivity index (χ0n) is 17.5. The number of carboxylic acids is 1. The molecule has 0 radical (unpaired) electrons. The summed E-state index contributed by atoms with van der Waals surface area (Å²) in [4.78, 5) is 18.9. The molecule has 1 N–H and O–H groups in total. The summed E-state index contributed by atoms with van der Waals surface area (Å²) in [5, 5.41) is 16.4. The first kappa shape index (κ1) is 20.0. The lowest BCUT2D eigenvalue weighted by atomic mass is 10.0. The Hall–Kier alpha value is -2.97. The van der Waals surface area contributed by atoms with Gasteiger partial charge in [0.25, 0.3) is 5.89 Å². The van der Waals surface area contributed by atoms with Gasteiger partial charge in [-0.15, -0.1) is 11.3 Å². The summed E-state index contributed by atoms with van der Waals surface area (Å²) < 4.78 is 7.82. The van der Waals surface area contributed by atoms with Gasteiger partial charge in [-0.3, -0.25) is 9.69 Å². The van der Waals surface area contributed by atoms with Crippen molar-refractivity contribution in [2.75, 3.05) is 13.1 Å². The number of aromatic nitrogens is 3. The van der Waals surface area contributed by atoms with Crippen molar-refractivity contribution >= 4 is 28.2 Å². The fraction of sp³-hybridized carbons (Fsp3) is 0.348. The Morgan fingerprint density at radius 1 is 1.26 bits per heavy atom. The molecule has 31 heavy (non-hydrogen) atoms. The minimum absolute atomic E-state index is 0.237. The highest BCUT2D eigenvalue weighted by Crippen LogP contribution is 2.30. The molecule has 0 aliphatic carbocycles. The summed E-state index contributed by atoms with van der Waals surface area (Å²) >= 11 is 1.63. The average Bonchev–Trinajstić information content (AvgIpc) is 3.43. The molecule has 3 aromatic heterocycles. The van der Waals surface area contributed by atoms with Crippen molar-refractivity contribution in [1.82, 2.24) is 19.6 Å². The second kappa shape index (κ2) is 7.94. The third kappa shape index (κ3) is 4.00. The first-order valence-electron chi connectivity index (χ1n) is 10.4. The monoisotopic (exact) mass is 436 g/mol.